The van der Waals surface area contributed by atoms with E-state index in [1.165, 1.54) is 0 Å². The highest BCUT2D eigenvalue weighted by Crippen LogP contribution is 2.34. The number of ether oxygens (including phenoxy) is 3. The van der Waals surface area contributed by atoms with Gasteiger partial charge in [0.2, 0.25) is 0 Å². The monoisotopic (exact) mass is 456 g/mol. The molecule has 0 atom stereocenters. The standard InChI is InChI=1S/C25H32N2O6/c1-4-5-6-13-33-23-16-20(9-10-21(23)31-2)27-12-11-26(25(27)30)17-19-8-7-18(15-24(28)29)14-22(19)32-3/h7-10,14,16H,4-6,11-13,15,17H2,1-3H3,(H,28,29). The molecule has 8 nitrogen and oxygen atoms in total. The van der Waals surface area contributed by atoms with Crippen LogP contribution in [-0.4, -0.2) is 55.9 Å². The van der Waals surface area contributed by atoms with Gasteiger partial charge in [-0.05, 0) is 30.2 Å². The van der Waals surface area contributed by atoms with Gasteiger partial charge in [-0.15, -0.1) is 0 Å². The van der Waals surface area contributed by atoms with E-state index in [0.29, 0.717) is 49.1 Å². The number of hydrogen-bond acceptors (Lipinski definition) is 5. The molecule has 2 aromatic rings. The first kappa shape index (κ1) is 24.2. The van der Waals surface area contributed by atoms with Gasteiger partial charge < -0.3 is 24.2 Å². The Bertz CT molecular complexity index is 977. The number of carbonyl (C=O) groups excluding carboxylic acids is 1. The molecule has 178 valence electrons. The van der Waals surface area contributed by atoms with Crippen molar-refractivity contribution in [3.63, 3.8) is 0 Å². The minimum Gasteiger partial charge on any atom is -0.496 e. The van der Waals surface area contributed by atoms with Crippen molar-refractivity contribution in [1.29, 1.82) is 0 Å². The number of carbonyl (C=O) groups is 2. The molecule has 33 heavy (non-hydrogen) atoms. The second kappa shape index (κ2) is 11.4. The third-order valence-corrected chi connectivity index (χ3v) is 5.63. The lowest BCUT2D eigenvalue weighted by molar-refractivity contribution is -0.136. The Morgan fingerprint density at radius 1 is 1.00 bits per heavy atom. The van der Waals surface area contributed by atoms with E-state index in [2.05, 4.69) is 6.92 Å². The molecule has 0 bridgehead atoms. The number of carboxylic acids is 1. The zero-order valence-corrected chi connectivity index (χ0v) is 19.5. The third kappa shape index (κ3) is 6.09. The van der Waals surface area contributed by atoms with Crippen LogP contribution in [0.5, 0.6) is 17.2 Å². The number of nitrogens with zero attached hydrogens (tertiary/aromatic N) is 2. The Morgan fingerprint density at radius 3 is 2.48 bits per heavy atom. The van der Waals surface area contributed by atoms with Crippen molar-refractivity contribution in [2.75, 3.05) is 38.8 Å². The molecule has 0 aliphatic carbocycles. The van der Waals surface area contributed by atoms with E-state index in [1.807, 2.05) is 24.3 Å². The molecule has 0 spiro atoms. The summed E-state index contributed by atoms with van der Waals surface area (Å²) in [6, 6.07) is 10.7. The number of carboxylic acid groups (broad SMARTS) is 1. The van der Waals surface area contributed by atoms with E-state index in [9.17, 15) is 9.59 Å². The van der Waals surface area contributed by atoms with Gasteiger partial charge in [-0.3, -0.25) is 9.69 Å². The Morgan fingerprint density at radius 2 is 1.79 bits per heavy atom. The second-order valence-electron chi connectivity index (χ2n) is 7.96. The van der Waals surface area contributed by atoms with Gasteiger partial charge in [0.15, 0.2) is 11.5 Å². The fourth-order valence-electron chi connectivity index (χ4n) is 3.86. The van der Waals surface area contributed by atoms with Gasteiger partial charge >= 0.3 is 12.0 Å². The fraction of sp³-hybridized carbons (Fsp3) is 0.440. The SMILES string of the molecule is CCCCCOc1cc(N2CCN(Cc3ccc(CC(=O)O)cc3OC)C2=O)ccc1OC. The summed E-state index contributed by atoms with van der Waals surface area (Å²) < 4.78 is 16.8. The van der Waals surface area contributed by atoms with Gasteiger partial charge in [-0.2, -0.15) is 0 Å². The van der Waals surface area contributed by atoms with Crippen LogP contribution in [0, 0.1) is 0 Å². The summed E-state index contributed by atoms with van der Waals surface area (Å²) in [6.45, 7) is 4.25. The van der Waals surface area contributed by atoms with Gasteiger partial charge in [0, 0.05) is 30.4 Å². The van der Waals surface area contributed by atoms with Crippen LogP contribution in [-0.2, 0) is 17.8 Å². The van der Waals surface area contributed by atoms with E-state index in [-0.39, 0.29) is 12.5 Å². The maximum Gasteiger partial charge on any atom is 0.324 e. The molecule has 1 aliphatic heterocycles. The first-order chi connectivity index (χ1) is 16.0. The van der Waals surface area contributed by atoms with E-state index < -0.39 is 5.97 Å². The minimum atomic E-state index is -0.900. The lowest BCUT2D eigenvalue weighted by atomic mass is 10.1. The maximum absolute atomic E-state index is 13.1. The molecule has 1 heterocycles. The van der Waals surface area contributed by atoms with E-state index in [1.54, 1.807) is 36.2 Å². The van der Waals surface area contributed by atoms with Crippen LogP contribution in [0.15, 0.2) is 36.4 Å². The molecule has 0 saturated carbocycles. The number of rotatable bonds is 12. The average molecular weight is 457 g/mol. The Balaban J connectivity index is 1.71. The molecule has 1 fully saturated rings. The van der Waals surface area contributed by atoms with Crippen molar-refractivity contribution in [2.24, 2.45) is 0 Å². The highest BCUT2D eigenvalue weighted by Gasteiger charge is 2.30. The number of unbranched alkanes of at least 4 members (excludes halogenated alkanes) is 2. The molecular formula is C25H32N2O6. The normalized spacial score (nSPS) is 13.4. The van der Waals surface area contributed by atoms with Gasteiger partial charge in [0.05, 0.1) is 33.8 Å². The molecule has 1 saturated heterocycles. The average Bonchev–Trinajstić information content (AvgIpc) is 3.17. The summed E-state index contributed by atoms with van der Waals surface area (Å²) in [5, 5.41) is 9.01. The quantitative estimate of drug-likeness (QED) is 0.478. The number of urea groups is 1. The van der Waals surface area contributed by atoms with Crippen LogP contribution in [0.1, 0.15) is 37.3 Å². The van der Waals surface area contributed by atoms with Gasteiger partial charge in [0.1, 0.15) is 5.75 Å². The van der Waals surface area contributed by atoms with Crippen LogP contribution in [0.2, 0.25) is 0 Å². The van der Waals surface area contributed by atoms with Crippen molar-refractivity contribution in [2.45, 2.75) is 39.2 Å². The fourth-order valence-corrected chi connectivity index (χ4v) is 3.86. The van der Waals surface area contributed by atoms with E-state index in [0.717, 1.165) is 30.5 Å². The van der Waals surface area contributed by atoms with Gasteiger partial charge in [-0.25, -0.2) is 4.79 Å². The molecule has 0 unspecified atom stereocenters. The van der Waals surface area contributed by atoms with Crippen LogP contribution < -0.4 is 19.1 Å². The molecule has 0 aromatic heterocycles. The summed E-state index contributed by atoms with van der Waals surface area (Å²) >= 11 is 0. The number of benzene rings is 2. The molecule has 3 rings (SSSR count). The van der Waals surface area contributed by atoms with Crippen molar-refractivity contribution < 1.29 is 28.9 Å². The summed E-state index contributed by atoms with van der Waals surface area (Å²) in [5.41, 5.74) is 2.25. The largest absolute Gasteiger partial charge is 0.496 e. The third-order valence-electron chi connectivity index (χ3n) is 5.63. The van der Waals surface area contributed by atoms with E-state index in [4.69, 9.17) is 19.3 Å². The number of amides is 2. The van der Waals surface area contributed by atoms with Crippen molar-refractivity contribution in [3.05, 3.63) is 47.5 Å². The summed E-state index contributed by atoms with van der Waals surface area (Å²) in [4.78, 5) is 27.6. The number of anilines is 1. The predicted octanol–water partition coefficient (Wildman–Crippen LogP) is 4.34. The molecule has 1 aliphatic rings. The van der Waals surface area contributed by atoms with E-state index >= 15 is 0 Å². The van der Waals surface area contributed by atoms with Crippen LogP contribution in [0.25, 0.3) is 0 Å². The van der Waals surface area contributed by atoms with Crippen molar-refractivity contribution in [3.8, 4) is 17.2 Å². The lowest BCUT2D eigenvalue weighted by Crippen LogP contribution is -2.31. The highest BCUT2D eigenvalue weighted by atomic mass is 16.5. The Labute approximate surface area is 194 Å². The number of aliphatic carboxylic acids is 1. The molecule has 0 radical (unpaired) electrons. The van der Waals surface area contributed by atoms with Crippen LogP contribution in [0.3, 0.4) is 0 Å². The minimum absolute atomic E-state index is 0.0760. The smallest absolute Gasteiger partial charge is 0.324 e. The van der Waals surface area contributed by atoms with Crippen molar-refractivity contribution >= 4 is 17.7 Å². The van der Waals surface area contributed by atoms with Crippen LogP contribution in [0.4, 0.5) is 10.5 Å². The molecule has 2 aromatic carbocycles. The van der Waals surface area contributed by atoms with Gasteiger partial charge in [0.25, 0.3) is 0 Å². The Kier molecular flexibility index (Phi) is 8.40. The van der Waals surface area contributed by atoms with Crippen molar-refractivity contribution in [1.82, 2.24) is 4.90 Å². The van der Waals surface area contributed by atoms with Gasteiger partial charge in [-0.1, -0.05) is 31.9 Å². The zero-order chi connectivity index (χ0) is 23.8. The maximum atomic E-state index is 13.1. The van der Waals surface area contributed by atoms with Crippen LogP contribution >= 0.6 is 0 Å². The topological polar surface area (TPSA) is 88.5 Å². The molecule has 1 N–H and O–H groups in total. The predicted molar refractivity (Wildman–Crippen MR) is 125 cm³/mol. The summed E-state index contributed by atoms with van der Waals surface area (Å²) in [6.07, 6.45) is 3.11. The number of hydrogen-bond donors (Lipinski definition) is 1. The number of methoxy groups -OCH3 is 2. The molecule has 8 heteroatoms. The second-order valence-corrected chi connectivity index (χ2v) is 7.96. The first-order valence-corrected chi connectivity index (χ1v) is 11.2. The highest BCUT2D eigenvalue weighted by molar-refractivity contribution is 5.94. The zero-order valence-electron chi connectivity index (χ0n) is 19.5. The summed E-state index contributed by atoms with van der Waals surface area (Å²) in [5.74, 6) is 0.952. The summed E-state index contributed by atoms with van der Waals surface area (Å²) in [7, 11) is 3.15. The molecule has 2 amide bonds. The molecular weight excluding hydrogens is 424 g/mol. The lowest BCUT2D eigenvalue weighted by Gasteiger charge is -2.21. The first-order valence-electron chi connectivity index (χ1n) is 11.2. The Hall–Kier alpha value is -3.42.